The van der Waals surface area contributed by atoms with Gasteiger partial charge in [-0.15, -0.1) is 0 Å². The van der Waals surface area contributed by atoms with Crippen LogP contribution in [0.1, 0.15) is 59.3 Å². The average molecular weight is 330 g/mol. The summed E-state index contributed by atoms with van der Waals surface area (Å²) in [5.74, 6) is 1.50. The van der Waals surface area contributed by atoms with Crippen LogP contribution in [0.25, 0.3) is 0 Å². The van der Waals surface area contributed by atoms with Crippen molar-refractivity contribution in [3.63, 3.8) is 0 Å². The smallest absolute Gasteiger partial charge is 0.00353 e. The van der Waals surface area contributed by atoms with Gasteiger partial charge in [-0.25, -0.2) is 0 Å². The molecule has 0 amide bonds. The molecule has 0 aromatic rings. The van der Waals surface area contributed by atoms with Crippen LogP contribution in [0, 0.1) is 20.8 Å². The third-order valence-electron chi connectivity index (χ3n) is 1.06. The molecule has 0 unspecified atom stereocenters. The molecule has 0 saturated heterocycles. The molecule has 0 N–H and O–H groups in total. The second-order valence-electron chi connectivity index (χ2n) is 2.72. The van der Waals surface area contributed by atoms with Crippen molar-refractivity contribution in [2.75, 3.05) is 0 Å². The Morgan fingerprint density at radius 2 is 0.875 bits per heavy atom. The van der Waals surface area contributed by atoms with E-state index in [1.54, 1.807) is 0 Å². The molecule has 0 aliphatic carbocycles. The van der Waals surface area contributed by atoms with E-state index in [1.165, 1.54) is 25.1 Å². The van der Waals surface area contributed by atoms with Crippen molar-refractivity contribution in [2.24, 2.45) is 0 Å². The maximum atomic E-state index is 7.21. The summed E-state index contributed by atoms with van der Waals surface area (Å²) in [6, 6.07) is 0. The van der Waals surface area contributed by atoms with Crippen LogP contribution in [0.3, 0.4) is 0 Å². The average Bonchev–Trinajstić information content (AvgIpc) is 2.30. The molecule has 0 aromatic heterocycles. The van der Waals surface area contributed by atoms with Gasteiger partial charge < -0.3 is 0 Å². The molecule has 0 aromatic carbocycles. The molecule has 0 saturated carbocycles. The van der Waals surface area contributed by atoms with Crippen LogP contribution < -0.4 is 5.41 Å². The Morgan fingerprint density at radius 1 is 0.812 bits per heavy atom. The Bertz CT molecular complexity index is 71.2. The summed E-state index contributed by atoms with van der Waals surface area (Å²) in [5, 5.41) is 7.21. The van der Waals surface area contributed by atoms with Gasteiger partial charge in [0.1, 0.15) is 0 Å². The SMILES string of the molecule is C=C=[N].[CH2]CCC.[CH2]CCC.[CH2]CCC.[Sn]. The maximum Gasteiger partial charge on any atom is 0.00353 e. The van der Waals surface area contributed by atoms with Crippen molar-refractivity contribution in [1.82, 2.24) is 5.41 Å². The number of rotatable bonds is 3. The van der Waals surface area contributed by atoms with Gasteiger partial charge >= 0.3 is 0 Å². The predicted octanol–water partition coefficient (Wildman–Crippen LogP) is 4.12. The van der Waals surface area contributed by atoms with Crippen LogP contribution in [0.4, 0.5) is 0 Å². The van der Waals surface area contributed by atoms with Gasteiger partial charge in [0.15, 0.2) is 0 Å². The fourth-order valence-corrected chi connectivity index (χ4v) is 0. The summed E-state index contributed by atoms with van der Waals surface area (Å²) in [6.45, 7) is 20.0. The largest absolute Gasteiger partial charge is 0.0976 e. The van der Waals surface area contributed by atoms with Gasteiger partial charge in [0.2, 0.25) is 0 Å². The van der Waals surface area contributed by atoms with Crippen LogP contribution in [-0.4, -0.2) is 29.8 Å². The number of nitrogens with zero attached hydrogens (tertiary/aromatic N) is 1. The third kappa shape index (κ3) is 237. The van der Waals surface area contributed by atoms with Gasteiger partial charge in [-0.1, -0.05) is 85.5 Å². The first-order chi connectivity index (χ1) is 7.16. The summed E-state index contributed by atoms with van der Waals surface area (Å²) >= 11 is 0. The minimum Gasteiger partial charge on any atom is -0.0976 e. The van der Waals surface area contributed by atoms with Crippen molar-refractivity contribution in [2.45, 2.75) is 59.3 Å². The van der Waals surface area contributed by atoms with Crippen LogP contribution in [0.5, 0.6) is 0 Å². The van der Waals surface area contributed by atoms with Crippen LogP contribution in [-0.2, 0) is 0 Å². The van der Waals surface area contributed by atoms with Gasteiger partial charge in [0.25, 0.3) is 0 Å². The Balaban J connectivity index is -0.0000000331. The molecule has 0 bridgehead atoms. The second kappa shape index (κ2) is 58.9. The molecule has 94 valence electrons. The minimum atomic E-state index is 0. The second-order valence-corrected chi connectivity index (χ2v) is 2.72. The Kier molecular flexibility index (Phi) is 110. The first-order valence-corrected chi connectivity index (χ1v) is 5.70. The topological polar surface area (TPSA) is 22.3 Å². The van der Waals surface area contributed by atoms with Crippen molar-refractivity contribution >= 4 is 29.8 Å². The summed E-state index contributed by atoms with van der Waals surface area (Å²) in [6.07, 6.45) is 6.83. The van der Waals surface area contributed by atoms with E-state index in [0.29, 0.717) is 0 Å². The summed E-state index contributed by atoms with van der Waals surface area (Å²) in [5.41, 5.74) is 0. The molecular weight excluding hydrogens is 301 g/mol. The fourth-order valence-electron chi connectivity index (χ4n) is 0. The monoisotopic (exact) mass is 331 g/mol. The first kappa shape index (κ1) is 29.9. The standard InChI is InChI=1S/3C4H9.C2H2N.Sn/c3*1-3-4-2;1-2-3;/h3*1,3-4H2,2H3;1H2;. The Hall–Kier alpha value is 0.249. The third-order valence-corrected chi connectivity index (χ3v) is 1.06. The zero-order chi connectivity index (χ0) is 12.9. The van der Waals surface area contributed by atoms with E-state index < -0.39 is 0 Å². The number of unbranched alkanes of at least 4 members (excludes halogenated alkanes) is 3. The van der Waals surface area contributed by atoms with Crippen LogP contribution in [0.2, 0.25) is 0 Å². The summed E-state index contributed by atoms with van der Waals surface area (Å²) in [4.78, 5) is 0. The van der Waals surface area contributed by atoms with Gasteiger partial charge in [-0.05, 0) is 6.58 Å². The van der Waals surface area contributed by atoms with Crippen molar-refractivity contribution < 1.29 is 0 Å². The van der Waals surface area contributed by atoms with E-state index in [2.05, 4.69) is 48.1 Å². The van der Waals surface area contributed by atoms with E-state index >= 15 is 0 Å². The van der Waals surface area contributed by atoms with E-state index in [1.807, 2.05) is 0 Å². The predicted molar refractivity (Wildman–Crippen MR) is 79.3 cm³/mol. The van der Waals surface area contributed by atoms with E-state index in [9.17, 15) is 0 Å². The molecule has 0 aliphatic heterocycles. The Labute approximate surface area is 122 Å². The van der Waals surface area contributed by atoms with Crippen molar-refractivity contribution in [3.05, 3.63) is 27.4 Å². The number of hydrogen-bond acceptors (Lipinski definition) is 0. The summed E-state index contributed by atoms with van der Waals surface area (Å²) in [7, 11) is 0. The van der Waals surface area contributed by atoms with Crippen molar-refractivity contribution in [1.29, 1.82) is 0 Å². The molecule has 0 aliphatic rings. The molecule has 1 nitrogen and oxygen atoms in total. The molecule has 0 rings (SSSR count). The zero-order valence-electron chi connectivity index (χ0n) is 11.5. The molecule has 0 atom stereocenters. The van der Waals surface area contributed by atoms with Gasteiger partial charge in [0, 0.05) is 29.8 Å². The summed E-state index contributed by atoms with van der Waals surface area (Å²) < 4.78 is 0. The van der Waals surface area contributed by atoms with Gasteiger partial charge in [-0.2, -0.15) is 0 Å². The molecule has 2 heteroatoms. The first-order valence-electron chi connectivity index (χ1n) is 5.70. The van der Waals surface area contributed by atoms with Crippen molar-refractivity contribution in [3.8, 4) is 0 Å². The quantitative estimate of drug-likeness (QED) is 0.549. The minimum absolute atomic E-state index is 0. The zero-order valence-corrected chi connectivity index (χ0v) is 14.4. The Morgan fingerprint density at radius 3 is 0.875 bits per heavy atom. The van der Waals surface area contributed by atoms with E-state index in [0.717, 1.165) is 19.3 Å². The maximum absolute atomic E-state index is 7.21. The molecule has 0 fully saturated rings. The molecule has 16 heavy (non-hydrogen) atoms. The van der Waals surface area contributed by atoms with Crippen LogP contribution >= 0.6 is 0 Å². The van der Waals surface area contributed by atoms with Gasteiger partial charge in [0.05, 0.1) is 0 Å². The molecule has 0 heterocycles. The fraction of sp³-hybridized carbons (Fsp3) is 0.643. The normalized spacial score (nSPS) is 6.12. The van der Waals surface area contributed by atoms with E-state index in [4.69, 9.17) is 5.41 Å². The molecule has 8 radical (unpaired) electrons. The molecule has 0 spiro atoms. The molecular formula is C14H29NSn. The van der Waals surface area contributed by atoms with Gasteiger partial charge in [-0.3, -0.25) is 0 Å². The number of hydrogen-bond donors (Lipinski definition) is 0. The van der Waals surface area contributed by atoms with E-state index in [-0.39, 0.29) is 23.9 Å². The van der Waals surface area contributed by atoms with Crippen LogP contribution in [0.15, 0.2) is 6.58 Å².